The standard InChI is InChI=1S/C13H15NO3/c1-2-4-14-5-3-9-6-11-12(17-8-16-11)7-10(9)13(14)15/h6-7H,2-5,8H2,1H3. The van der Waals surface area contributed by atoms with Gasteiger partial charge in [-0.1, -0.05) is 6.92 Å². The van der Waals surface area contributed by atoms with Gasteiger partial charge in [-0.05, 0) is 30.5 Å². The fourth-order valence-corrected chi connectivity index (χ4v) is 2.40. The molecule has 0 unspecified atom stereocenters. The van der Waals surface area contributed by atoms with Crippen molar-refractivity contribution in [3.8, 4) is 11.5 Å². The second kappa shape index (κ2) is 3.95. The highest BCUT2D eigenvalue weighted by atomic mass is 16.7. The molecule has 2 aliphatic rings. The summed E-state index contributed by atoms with van der Waals surface area (Å²) >= 11 is 0. The normalized spacial score (nSPS) is 17.2. The Kier molecular flexibility index (Phi) is 2.42. The number of hydrogen-bond acceptors (Lipinski definition) is 3. The van der Waals surface area contributed by atoms with E-state index in [4.69, 9.17) is 9.47 Å². The Morgan fingerprint density at radius 1 is 1.29 bits per heavy atom. The van der Waals surface area contributed by atoms with E-state index >= 15 is 0 Å². The third-order valence-electron chi connectivity index (χ3n) is 3.26. The molecule has 0 aliphatic carbocycles. The van der Waals surface area contributed by atoms with E-state index in [0.717, 1.165) is 42.8 Å². The van der Waals surface area contributed by atoms with Gasteiger partial charge < -0.3 is 14.4 Å². The lowest BCUT2D eigenvalue weighted by atomic mass is 9.98. The van der Waals surface area contributed by atoms with Crippen LogP contribution in [0.4, 0.5) is 0 Å². The molecule has 2 aliphatic heterocycles. The number of carbonyl (C=O) groups is 1. The van der Waals surface area contributed by atoms with Gasteiger partial charge in [0.2, 0.25) is 6.79 Å². The molecular formula is C13H15NO3. The number of ether oxygens (including phenoxy) is 2. The molecule has 3 rings (SSSR count). The molecule has 90 valence electrons. The highest BCUT2D eigenvalue weighted by Gasteiger charge is 2.27. The van der Waals surface area contributed by atoms with Crippen LogP contribution in [0.3, 0.4) is 0 Å². The maximum absolute atomic E-state index is 12.2. The van der Waals surface area contributed by atoms with Crippen LogP contribution in [-0.2, 0) is 6.42 Å². The first kappa shape index (κ1) is 10.4. The van der Waals surface area contributed by atoms with Crippen LogP contribution in [-0.4, -0.2) is 30.7 Å². The molecule has 0 bridgehead atoms. The van der Waals surface area contributed by atoms with Gasteiger partial charge in [-0.25, -0.2) is 0 Å². The number of hydrogen-bond donors (Lipinski definition) is 0. The summed E-state index contributed by atoms with van der Waals surface area (Å²) in [4.78, 5) is 14.1. The van der Waals surface area contributed by atoms with Gasteiger partial charge in [-0.15, -0.1) is 0 Å². The summed E-state index contributed by atoms with van der Waals surface area (Å²) in [5, 5.41) is 0. The van der Waals surface area contributed by atoms with Crippen LogP contribution in [0, 0.1) is 0 Å². The van der Waals surface area contributed by atoms with Gasteiger partial charge >= 0.3 is 0 Å². The summed E-state index contributed by atoms with van der Waals surface area (Å²) in [6, 6.07) is 3.76. The van der Waals surface area contributed by atoms with E-state index in [1.54, 1.807) is 0 Å². The third kappa shape index (κ3) is 1.64. The van der Waals surface area contributed by atoms with Crippen molar-refractivity contribution in [1.29, 1.82) is 0 Å². The molecule has 1 aromatic carbocycles. The van der Waals surface area contributed by atoms with E-state index in [1.807, 2.05) is 17.0 Å². The Balaban J connectivity index is 1.98. The van der Waals surface area contributed by atoms with Crippen LogP contribution in [0.1, 0.15) is 29.3 Å². The van der Waals surface area contributed by atoms with Crippen molar-refractivity contribution in [2.24, 2.45) is 0 Å². The lowest BCUT2D eigenvalue weighted by molar-refractivity contribution is 0.0739. The maximum atomic E-state index is 12.2. The highest BCUT2D eigenvalue weighted by Crippen LogP contribution is 2.36. The zero-order valence-corrected chi connectivity index (χ0v) is 9.86. The minimum absolute atomic E-state index is 0.117. The topological polar surface area (TPSA) is 38.8 Å². The second-order valence-electron chi connectivity index (χ2n) is 4.40. The lowest BCUT2D eigenvalue weighted by Gasteiger charge is -2.28. The van der Waals surface area contributed by atoms with Crippen LogP contribution >= 0.6 is 0 Å². The molecule has 4 nitrogen and oxygen atoms in total. The average molecular weight is 233 g/mol. The van der Waals surface area contributed by atoms with E-state index in [-0.39, 0.29) is 12.7 Å². The Labute approximate surface area is 100 Å². The molecule has 0 aromatic heterocycles. The van der Waals surface area contributed by atoms with Crippen molar-refractivity contribution in [3.05, 3.63) is 23.3 Å². The van der Waals surface area contributed by atoms with Crippen molar-refractivity contribution in [2.45, 2.75) is 19.8 Å². The number of fused-ring (bicyclic) bond motifs is 2. The highest BCUT2D eigenvalue weighted by molar-refractivity contribution is 5.97. The first-order chi connectivity index (χ1) is 8.29. The molecule has 4 heteroatoms. The van der Waals surface area contributed by atoms with Gasteiger partial charge in [0.25, 0.3) is 5.91 Å². The summed E-state index contributed by atoms with van der Waals surface area (Å²) in [6.07, 6.45) is 1.89. The number of rotatable bonds is 2. The molecule has 17 heavy (non-hydrogen) atoms. The minimum Gasteiger partial charge on any atom is -0.454 e. The molecule has 2 heterocycles. The number of amides is 1. The fourth-order valence-electron chi connectivity index (χ4n) is 2.40. The van der Waals surface area contributed by atoms with Crippen LogP contribution in [0.25, 0.3) is 0 Å². The molecule has 1 aromatic rings. The molecule has 0 fully saturated rings. The summed E-state index contributed by atoms with van der Waals surface area (Å²) in [5.41, 5.74) is 1.85. The predicted octanol–water partition coefficient (Wildman–Crippen LogP) is 1.82. The van der Waals surface area contributed by atoms with Crippen molar-refractivity contribution in [2.75, 3.05) is 19.9 Å². The fraction of sp³-hybridized carbons (Fsp3) is 0.462. The smallest absolute Gasteiger partial charge is 0.254 e. The van der Waals surface area contributed by atoms with E-state index in [0.29, 0.717) is 5.75 Å². The zero-order chi connectivity index (χ0) is 11.8. The number of carbonyl (C=O) groups excluding carboxylic acids is 1. The van der Waals surface area contributed by atoms with E-state index < -0.39 is 0 Å². The van der Waals surface area contributed by atoms with Crippen molar-refractivity contribution in [1.82, 2.24) is 4.90 Å². The molecule has 0 saturated heterocycles. The zero-order valence-electron chi connectivity index (χ0n) is 9.86. The van der Waals surface area contributed by atoms with Gasteiger partial charge in [0.1, 0.15) is 0 Å². The van der Waals surface area contributed by atoms with Gasteiger partial charge in [0.15, 0.2) is 11.5 Å². The average Bonchev–Trinajstić information content (AvgIpc) is 2.78. The third-order valence-corrected chi connectivity index (χ3v) is 3.26. The van der Waals surface area contributed by atoms with Crippen LogP contribution in [0.15, 0.2) is 12.1 Å². The molecule has 0 radical (unpaired) electrons. The maximum Gasteiger partial charge on any atom is 0.254 e. The van der Waals surface area contributed by atoms with E-state index in [9.17, 15) is 4.79 Å². The first-order valence-corrected chi connectivity index (χ1v) is 6.01. The molecule has 0 spiro atoms. The summed E-state index contributed by atoms with van der Waals surface area (Å²) in [5.74, 6) is 1.57. The summed E-state index contributed by atoms with van der Waals surface area (Å²) < 4.78 is 10.6. The predicted molar refractivity (Wildman–Crippen MR) is 62.5 cm³/mol. The van der Waals surface area contributed by atoms with Crippen LogP contribution in [0.2, 0.25) is 0 Å². The Morgan fingerprint density at radius 2 is 2.06 bits per heavy atom. The summed E-state index contributed by atoms with van der Waals surface area (Å²) in [7, 11) is 0. The largest absolute Gasteiger partial charge is 0.454 e. The molecule has 0 atom stereocenters. The van der Waals surface area contributed by atoms with E-state index in [2.05, 4.69) is 6.92 Å². The summed E-state index contributed by atoms with van der Waals surface area (Å²) in [6.45, 7) is 3.97. The Hall–Kier alpha value is -1.71. The number of nitrogens with zero attached hydrogens (tertiary/aromatic N) is 1. The monoisotopic (exact) mass is 233 g/mol. The Bertz CT molecular complexity index is 470. The Morgan fingerprint density at radius 3 is 2.82 bits per heavy atom. The van der Waals surface area contributed by atoms with E-state index in [1.165, 1.54) is 0 Å². The molecule has 0 saturated carbocycles. The van der Waals surface area contributed by atoms with Gasteiger partial charge in [-0.3, -0.25) is 4.79 Å². The second-order valence-corrected chi connectivity index (χ2v) is 4.40. The van der Waals surface area contributed by atoms with Crippen LogP contribution in [0.5, 0.6) is 11.5 Å². The number of benzene rings is 1. The lowest BCUT2D eigenvalue weighted by Crippen LogP contribution is -2.37. The quantitative estimate of drug-likeness (QED) is 0.782. The van der Waals surface area contributed by atoms with Crippen molar-refractivity contribution >= 4 is 5.91 Å². The molecule has 1 amide bonds. The molecular weight excluding hydrogens is 218 g/mol. The van der Waals surface area contributed by atoms with Crippen molar-refractivity contribution < 1.29 is 14.3 Å². The minimum atomic E-state index is 0.117. The van der Waals surface area contributed by atoms with Gasteiger partial charge in [0, 0.05) is 18.7 Å². The van der Waals surface area contributed by atoms with Crippen molar-refractivity contribution in [3.63, 3.8) is 0 Å². The van der Waals surface area contributed by atoms with Gasteiger partial charge in [0.05, 0.1) is 0 Å². The first-order valence-electron chi connectivity index (χ1n) is 6.01. The van der Waals surface area contributed by atoms with Gasteiger partial charge in [-0.2, -0.15) is 0 Å². The SMILES string of the molecule is CCCN1CCc2cc3c(cc2C1=O)OCO3. The van der Waals surface area contributed by atoms with Crippen LogP contribution < -0.4 is 9.47 Å². The molecule has 0 N–H and O–H groups in total.